The van der Waals surface area contributed by atoms with E-state index in [1.807, 2.05) is 4.68 Å². The standard InChI is InChI=1S/C15H29N5/c1-13(2)10-20-14(17-12-18-20)9-16-11-15(19(3)4)7-5-6-8-15/h12-13,16H,5-11H2,1-4H3. The molecule has 1 aromatic heterocycles. The van der Waals surface area contributed by atoms with Crippen LogP contribution < -0.4 is 5.32 Å². The average Bonchev–Trinajstić information content (AvgIpc) is 2.99. The Balaban J connectivity index is 1.88. The molecule has 0 aliphatic heterocycles. The van der Waals surface area contributed by atoms with Gasteiger partial charge in [-0.1, -0.05) is 26.7 Å². The lowest BCUT2D eigenvalue weighted by Gasteiger charge is -2.36. The molecule has 1 N–H and O–H groups in total. The summed E-state index contributed by atoms with van der Waals surface area (Å²) in [5, 5.41) is 7.91. The number of aromatic nitrogens is 3. The monoisotopic (exact) mass is 279 g/mol. The molecule has 0 bridgehead atoms. The van der Waals surface area contributed by atoms with Crippen LogP contribution in [0.25, 0.3) is 0 Å². The molecule has 5 nitrogen and oxygen atoms in total. The second kappa shape index (κ2) is 6.68. The molecule has 1 heterocycles. The van der Waals surface area contributed by atoms with Crippen molar-refractivity contribution in [1.82, 2.24) is 25.0 Å². The van der Waals surface area contributed by atoms with Crippen molar-refractivity contribution in [1.29, 1.82) is 0 Å². The molecular formula is C15H29N5. The summed E-state index contributed by atoms with van der Waals surface area (Å²) in [6, 6.07) is 0. The predicted molar refractivity (Wildman–Crippen MR) is 81.5 cm³/mol. The zero-order chi connectivity index (χ0) is 14.6. The minimum atomic E-state index is 0.336. The molecule has 1 saturated carbocycles. The lowest BCUT2D eigenvalue weighted by atomic mass is 9.96. The highest BCUT2D eigenvalue weighted by molar-refractivity contribution is 4.95. The SMILES string of the molecule is CC(C)Cn1ncnc1CNCC1(N(C)C)CCCC1. The summed E-state index contributed by atoms with van der Waals surface area (Å²) < 4.78 is 2.02. The molecule has 5 heteroatoms. The predicted octanol–water partition coefficient (Wildman–Crippen LogP) is 1.90. The van der Waals surface area contributed by atoms with Crippen molar-refractivity contribution in [3.63, 3.8) is 0 Å². The zero-order valence-corrected chi connectivity index (χ0v) is 13.4. The molecule has 1 aromatic rings. The minimum absolute atomic E-state index is 0.336. The molecule has 0 spiro atoms. The van der Waals surface area contributed by atoms with Crippen LogP contribution >= 0.6 is 0 Å². The van der Waals surface area contributed by atoms with E-state index in [2.05, 4.69) is 48.2 Å². The Bertz CT molecular complexity index is 404. The van der Waals surface area contributed by atoms with Gasteiger partial charge in [0, 0.05) is 18.6 Å². The van der Waals surface area contributed by atoms with Crippen LogP contribution in [0.4, 0.5) is 0 Å². The van der Waals surface area contributed by atoms with Crippen LogP contribution in [0, 0.1) is 5.92 Å². The first-order valence-electron chi connectivity index (χ1n) is 7.78. The van der Waals surface area contributed by atoms with Crippen molar-refractivity contribution < 1.29 is 0 Å². The lowest BCUT2D eigenvalue weighted by molar-refractivity contribution is 0.153. The van der Waals surface area contributed by atoms with E-state index in [0.717, 1.165) is 25.5 Å². The highest BCUT2D eigenvalue weighted by Gasteiger charge is 2.35. The third-order valence-electron chi connectivity index (χ3n) is 4.45. The first kappa shape index (κ1) is 15.4. The highest BCUT2D eigenvalue weighted by Crippen LogP contribution is 2.33. The summed E-state index contributed by atoms with van der Waals surface area (Å²) in [4.78, 5) is 6.77. The third kappa shape index (κ3) is 3.58. The molecule has 0 atom stereocenters. The summed E-state index contributed by atoms with van der Waals surface area (Å²) in [6.07, 6.45) is 6.96. The Labute approximate surface area is 122 Å². The maximum absolute atomic E-state index is 4.38. The van der Waals surface area contributed by atoms with Crippen molar-refractivity contribution in [2.75, 3.05) is 20.6 Å². The Morgan fingerprint density at radius 2 is 2.05 bits per heavy atom. The highest BCUT2D eigenvalue weighted by atomic mass is 15.3. The molecule has 20 heavy (non-hydrogen) atoms. The van der Waals surface area contributed by atoms with Crippen molar-refractivity contribution in [3.05, 3.63) is 12.2 Å². The van der Waals surface area contributed by atoms with Crippen LogP contribution in [-0.2, 0) is 13.1 Å². The Morgan fingerprint density at radius 1 is 1.35 bits per heavy atom. The summed E-state index contributed by atoms with van der Waals surface area (Å²) in [6.45, 7) is 7.20. The van der Waals surface area contributed by atoms with Gasteiger partial charge in [0.15, 0.2) is 0 Å². The molecule has 0 aromatic carbocycles. The van der Waals surface area contributed by atoms with E-state index in [1.54, 1.807) is 6.33 Å². The minimum Gasteiger partial charge on any atom is -0.308 e. The van der Waals surface area contributed by atoms with E-state index in [9.17, 15) is 0 Å². The number of hydrogen-bond acceptors (Lipinski definition) is 4. The van der Waals surface area contributed by atoms with Gasteiger partial charge in [0.2, 0.25) is 0 Å². The number of nitrogens with one attached hydrogen (secondary N) is 1. The van der Waals surface area contributed by atoms with Crippen LogP contribution in [0.15, 0.2) is 6.33 Å². The molecule has 2 rings (SSSR count). The lowest BCUT2D eigenvalue weighted by Crippen LogP contribution is -2.49. The van der Waals surface area contributed by atoms with Crippen molar-refractivity contribution in [2.45, 2.75) is 58.2 Å². The van der Waals surface area contributed by atoms with E-state index < -0.39 is 0 Å². The molecule has 0 radical (unpaired) electrons. The van der Waals surface area contributed by atoms with Gasteiger partial charge in [0.1, 0.15) is 12.2 Å². The summed E-state index contributed by atoms with van der Waals surface area (Å²) in [5.74, 6) is 1.64. The largest absolute Gasteiger partial charge is 0.308 e. The topological polar surface area (TPSA) is 46.0 Å². The van der Waals surface area contributed by atoms with Crippen LogP contribution in [0.1, 0.15) is 45.4 Å². The maximum atomic E-state index is 4.38. The second-order valence-corrected chi connectivity index (χ2v) is 6.68. The number of nitrogens with zero attached hydrogens (tertiary/aromatic N) is 4. The third-order valence-corrected chi connectivity index (χ3v) is 4.45. The molecule has 0 amide bonds. The number of rotatable bonds is 7. The van der Waals surface area contributed by atoms with Gasteiger partial charge in [-0.2, -0.15) is 5.10 Å². The van der Waals surface area contributed by atoms with Crippen LogP contribution in [-0.4, -0.2) is 45.8 Å². The van der Waals surface area contributed by atoms with Gasteiger partial charge in [-0.05, 0) is 32.9 Å². The molecular weight excluding hydrogens is 250 g/mol. The fraction of sp³-hybridized carbons (Fsp3) is 0.867. The summed E-state index contributed by atoms with van der Waals surface area (Å²) >= 11 is 0. The van der Waals surface area contributed by atoms with Crippen molar-refractivity contribution >= 4 is 0 Å². The maximum Gasteiger partial charge on any atom is 0.140 e. The van der Waals surface area contributed by atoms with Gasteiger partial charge < -0.3 is 10.2 Å². The smallest absolute Gasteiger partial charge is 0.140 e. The van der Waals surface area contributed by atoms with Crippen molar-refractivity contribution in [2.24, 2.45) is 5.92 Å². The van der Waals surface area contributed by atoms with Crippen LogP contribution in [0.5, 0.6) is 0 Å². The van der Waals surface area contributed by atoms with Gasteiger partial charge in [-0.25, -0.2) is 9.67 Å². The first-order chi connectivity index (χ1) is 9.53. The first-order valence-corrected chi connectivity index (χ1v) is 7.78. The zero-order valence-electron chi connectivity index (χ0n) is 13.4. The Hall–Kier alpha value is -0.940. The summed E-state index contributed by atoms with van der Waals surface area (Å²) in [5.41, 5.74) is 0.336. The fourth-order valence-electron chi connectivity index (χ4n) is 3.15. The van der Waals surface area contributed by atoms with E-state index in [-0.39, 0.29) is 0 Å². The van der Waals surface area contributed by atoms with E-state index in [1.165, 1.54) is 25.7 Å². The van der Waals surface area contributed by atoms with Gasteiger partial charge in [0.25, 0.3) is 0 Å². The Morgan fingerprint density at radius 3 is 2.65 bits per heavy atom. The van der Waals surface area contributed by atoms with Crippen molar-refractivity contribution in [3.8, 4) is 0 Å². The summed E-state index contributed by atoms with van der Waals surface area (Å²) in [7, 11) is 4.41. The van der Waals surface area contributed by atoms with E-state index in [0.29, 0.717) is 11.5 Å². The van der Waals surface area contributed by atoms with Crippen LogP contribution in [0.3, 0.4) is 0 Å². The quantitative estimate of drug-likeness (QED) is 0.828. The van der Waals surface area contributed by atoms with Gasteiger partial charge in [-0.15, -0.1) is 0 Å². The fourth-order valence-corrected chi connectivity index (χ4v) is 3.15. The second-order valence-electron chi connectivity index (χ2n) is 6.68. The molecule has 1 aliphatic rings. The molecule has 114 valence electrons. The molecule has 0 unspecified atom stereocenters. The van der Waals surface area contributed by atoms with E-state index in [4.69, 9.17) is 0 Å². The number of hydrogen-bond donors (Lipinski definition) is 1. The van der Waals surface area contributed by atoms with Gasteiger partial charge >= 0.3 is 0 Å². The number of likely N-dealkylation sites (N-methyl/N-ethyl adjacent to an activating group) is 1. The normalized spacial score (nSPS) is 18.3. The van der Waals surface area contributed by atoms with Crippen LogP contribution in [0.2, 0.25) is 0 Å². The Kier molecular flexibility index (Phi) is 5.16. The van der Waals surface area contributed by atoms with Gasteiger partial charge in [-0.3, -0.25) is 0 Å². The van der Waals surface area contributed by atoms with E-state index >= 15 is 0 Å². The molecule has 1 aliphatic carbocycles. The van der Waals surface area contributed by atoms with Gasteiger partial charge in [0.05, 0.1) is 6.54 Å². The average molecular weight is 279 g/mol. The molecule has 1 fully saturated rings. The molecule has 0 saturated heterocycles.